The number of hydrogen-bond donors (Lipinski definition) is 2. The lowest BCUT2D eigenvalue weighted by Crippen LogP contribution is -2.11. The second kappa shape index (κ2) is 5.40. The van der Waals surface area contributed by atoms with Crippen molar-refractivity contribution in [3.8, 4) is 5.75 Å². The van der Waals surface area contributed by atoms with Gasteiger partial charge in [0.15, 0.2) is 0 Å². The summed E-state index contributed by atoms with van der Waals surface area (Å²) in [6.45, 7) is 1.75. The summed E-state index contributed by atoms with van der Waals surface area (Å²) >= 11 is 0. The SMILES string of the molecule is Cc1ccc(NC(=O)c2ccc([N+](=O)[O-])cc2)cc1O. The van der Waals surface area contributed by atoms with Gasteiger partial charge in [-0.2, -0.15) is 0 Å². The van der Waals surface area contributed by atoms with Crippen molar-refractivity contribution in [1.82, 2.24) is 0 Å². The van der Waals surface area contributed by atoms with E-state index in [2.05, 4.69) is 5.32 Å². The number of nitrogens with zero attached hydrogens (tertiary/aromatic N) is 1. The van der Waals surface area contributed by atoms with Crippen molar-refractivity contribution in [3.05, 3.63) is 63.7 Å². The second-order valence-electron chi connectivity index (χ2n) is 4.26. The van der Waals surface area contributed by atoms with Crippen LogP contribution in [-0.2, 0) is 0 Å². The zero-order chi connectivity index (χ0) is 14.7. The smallest absolute Gasteiger partial charge is 0.269 e. The highest BCUT2D eigenvalue weighted by Crippen LogP contribution is 2.21. The summed E-state index contributed by atoms with van der Waals surface area (Å²) in [5.41, 5.74) is 1.39. The summed E-state index contributed by atoms with van der Waals surface area (Å²) in [4.78, 5) is 21.9. The zero-order valence-corrected chi connectivity index (χ0v) is 10.7. The Morgan fingerprint density at radius 2 is 1.85 bits per heavy atom. The molecule has 2 aromatic carbocycles. The molecule has 102 valence electrons. The van der Waals surface area contributed by atoms with Gasteiger partial charge in [0.05, 0.1) is 4.92 Å². The molecule has 0 unspecified atom stereocenters. The molecule has 0 saturated carbocycles. The van der Waals surface area contributed by atoms with Crippen molar-refractivity contribution < 1.29 is 14.8 Å². The Balaban J connectivity index is 2.15. The maximum Gasteiger partial charge on any atom is 0.269 e. The standard InChI is InChI=1S/C14H12N2O4/c1-9-2-5-11(8-13(9)17)15-14(18)10-3-6-12(7-4-10)16(19)20/h2-8,17H,1H3,(H,15,18). The molecule has 0 bridgehead atoms. The van der Waals surface area contributed by atoms with Gasteiger partial charge in [0.1, 0.15) is 5.75 Å². The Kier molecular flexibility index (Phi) is 3.65. The number of carbonyl (C=O) groups is 1. The number of amides is 1. The molecular formula is C14H12N2O4. The number of nitro benzene ring substituents is 1. The number of benzene rings is 2. The van der Waals surface area contributed by atoms with Gasteiger partial charge in [-0.25, -0.2) is 0 Å². The van der Waals surface area contributed by atoms with Crippen LogP contribution in [-0.4, -0.2) is 15.9 Å². The first kappa shape index (κ1) is 13.5. The van der Waals surface area contributed by atoms with E-state index in [1.165, 1.54) is 30.3 Å². The van der Waals surface area contributed by atoms with Gasteiger partial charge in [0.25, 0.3) is 11.6 Å². The van der Waals surface area contributed by atoms with Crippen molar-refractivity contribution in [3.63, 3.8) is 0 Å². The van der Waals surface area contributed by atoms with Crippen molar-refractivity contribution in [2.45, 2.75) is 6.92 Å². The largest absolute Gasteiger partial charge is 0.508 e. The molecule has 0 radical (unpaired) electrons. The maximum absolute atomic E-state index is 11.9. The Labute approximate surface area is 114 Å². The molecule has 6 heteroatoms. The van der Waals surface area contributed by atoms with Crippen molar-refractivity contribution >= 4 is 17.3 Å². The summed E-state index contributed by atoms with van der Waals surface area (Å²) in [6.07, 6.45) is 0. The number of anilines is 1. The van der Waals surface area contributed by atoms with Crippen molar-refractivity contribution in [2.24, 2.45) is 0 Å². The minimum absolute atomic E-state index is 0.0745. The van der Waals surface area contributed by atoms with Crippen LogP contribution in [0.25, 0.3) is 0 Å². The Morgan fingerprint density at radius 3 is 2.40 bits per heavy atom. The minimum Gasteiger partial charge on any atom is -0.508 e. The lowest BCUT2D eigenvalue weighted by Gasteiger charge is -2.06. The van der Waals surface area contributed by atoms with E-state index in [-0.39, 0.29) is 11.4 Å². The van der Waals surface area contributed by atoms with E-state index in [1.807, 2.05) is 0 Å². The van der Waals surface area contributed by atoms with Crippen LogP contribution < -0.4 is 5.32 Å². The highest BCUT2D eigenvalue weighted by molar-refractivity contribution is 6.04. The van der Waals surface area contributed by atoms with E-state index < -0.39 is 10.8 Å². The third-order valence-electron chi connectivity index (χ3n) is 2.81. The van der Waals surface area contributed by atoms with Gasteiger partial charge in [0.2, 0.25) is 0 Å². The number of non-ortho nitro benzene ring substituents is 1. The third-order valence-corrected chi connectivity index (χ3v) is 2.81. The lowest BCUT2D eigenvalue weighted by atomic mass is 10.1. The summed E-state index contributed by atoms with van der Waals surface area (Å²) in [5, 5.41) is 22.7. The Morgan fingerprint density at radius 1 is 1.20 bits per heavy atom. The number of phenols is 1. The van der Waals surface area contributed by atoms with Crippen LogP contribution in [0.15, 0.2) is 42.5 Å². The first-order valence-electron chi connectivity index (χ1n) is 5.83. The Hall–Kier alpha value is -2.89. The first-order valence-corrected chi connectivity index (χ1v) is 5.83. The van der Waals surface area contributed by atoms with Gasteiger partial charge in [-0.15, -0.1) is 0 Å². The minimum atomic E-state index is -0.528. The molecule has 0 saturated heterocycles. The number of hydrogen-bond acceptors (Lipinski definition) is 4. The van der Waals surface area contributed by atoms with E-state index in [0.717, 1.165) is 0 Å². The molecule has 6 nitrogen and oxygen atoms in total. The quantitative estimate of drug-likeness (QED) is 0.663. The van der Waals surface area contributed by atoms with Crippen molar-refractivity contribution in [1.29, 1.82) is 0 Å². The van der Waals surface area contributed by atoms with Crippen LogP contribution in [0.5, 0.6) is 5.75 Å². The molecule has 0 fully saturated rings. The number of rotatable bonds is 3. The van der Waals surface area contributed by atoms with Crippen molar-refractivity contribution in [2.75, 3.05) is 5.32 Å². The topological polar surface area (TPSA) is 92.5 Å². The number of aromatic hydroxyl groups is 1. The molecule has 0 aliphatic rings. The van der Waals surface area contributed by atoms with Gasteiger partial charge in [0, 0.05) is 29.4 Å². The average molecular weight is 272 g/mol. The average Bonchev–Trinajstić information content (AvgIpc) is 2.43. The number of nitro groups is 1. The van der Waals surface area contributed by atoms with Gasteiger partial charge in [-0.3, -0.25) is 14.9 Å². The van der Waals surface area contributed by atoms with Gasteiger partial charge >= 0.3 is 0 Å². The molecule has 2 aromatic rings. The fourth-order valence-corrected chi connectivity index (χ4v) is 1.62. The monoisotopic (exact) mass is 272 g/mol. The molecule has 0 aromatic heterocycles. The summed E-state index contributed by atoms with van der Waals surface area (Å²) in [5.74, 6) is -0.311. The van der Waals surface area contributed by atoms with E-state index in [0.29, 0.717) is 16.8 Å². The molecule has 0 atom stereocenters. The molecule has 20 heavy (non-hydrogen) atoms. The molecule has 0 spiro atoms. The number of carbonyl (C=O) groups excluding carboxylic acids is 1. The van der Waals surface area contributed by atoms with Crippen LogP contribution >= 0.6 is 0 Å². The highest BCUT2D eigenvalue weighted by Gasteiger charge is 2.10. The van der Waals surface area contributed by atoms with Crippen LogP contribution in [0.2, 0.25) is 0 Å². The molecule has 2 rings (SSSR count). The Bertz CT molecular complexity index is 665. The van der Waals surface area contributed by atoms with E-state index >= 15 is 0 Å². The normalized spacial score (nSPS) is 10.1. The van der Waals surface area contributed by atoms with Crippen LogP contribution in [0.1, 0.15) is 15.9 Å². The summed E-state index contributed by atoms with van der Waals surface area (Å²) in [6, 6.07) is 10.1. The molecule has 1 amide bonds. The predicted octanol–water partition coefficient (Wildman–Crippen LogP) is 2.86. The fourth-order valence-electron chi connectivity index (χ4n) is 1.62. The highest BCUT2D eigenvalue weighted by atomic mass is 16.6. The fraction of sp³-hybridized carbons (Fsp3) is 0.0714. The van der Waals surface area contributed by atoms with Gasteiger partial charge in [-0.05, 0) is 30.7 Å². The predicted molar refractivity (Wildman–Crippen MR) is 73.9 cm³/mol. The zero-order valence-electron chi connectivity index (χ0n) is 10.7. The number of aryl methyl sites for hydroxylation is 1. The van der Waals surface area contributed by atoms with Gasteiger partial charge < -0.3 is 10.4 Å². The lowest BCUT2D eigenvalue weighted by molar-refractivity contribution is -0.384. The summed E-state index contributed by atoms with van der Waals surface area (Å²) < 4.78 is 0. The van der Waals surface area contributed by atoms with Gasteiger partial charge in [-0.1, -0.05) is 6.07 Å². The van der Waals surface area contributed by atoms with Crippen LogP contribution in [0, 0.1) is 17.0 Å². The third kappa shape index (κ3) is 2.92. The summed E-state index contributed by atoms with van der Waals surface area (Å²) in [7, 11) is 0. The molecule has 2 N–H and O–H groups in total. The van der Waals surface area contributed by atoms with Crippen LogP contribution in [0.3, 0.4) is 0 Å². The van der Waals surface area contributed by atoms with E-state index in [4.69, 9.17) is 0 Å². The molecular weight excluding hydrogens is 260 g/mol. The molecule has 0 aliphatic carbocycles. The number of phenolic OH excluding ortho intramolecular Hbond substituents is 1. The first-order chi connectivity index (χ1) is 9.47. The molecule has 0 heterocycles. The second-order valence-corrected chi connectivity index (χ2v) is 4.26. The molecule has 0 aliphatic heterocycles. The van der Waals surface area contributed by atoms with E-state index in [1.54, 1.807) is 19.1 Å². The van der Waals surface area contributed by atoms with Crippen LogP contribution in [0.4, 0.5) is 11.4 Å². The maximum atomic E-state index is 11.9. The number of nitrogens with one attached hydrogen (secondary N) is 1. The van der Waals surface area contributed by atoms with E-state index in [9.17, 15) is 20.0 Å².